The predicted molar refractivity (Wildman–Crippen MR) is 112 cm³/mol. The molecule has 0 radical (unpaired) electrons. The van der Waals surface area contributed by atoms with E-state index in [1.54, 1.807) is 13.3 Å². The minimum absolute atomic E-state index is 0.143. The standard InChI is InChI=1S/C21H22N6O3/c1-3-30-21(28)11-4-5-14-13(6-11)18-19(25-14)22-10-23-20(18)26-16-7-12-9-24-27-15(12)8-17(16)29-2/h7-11H,3-6H2,1-2H3,(H,24,27)(H2,22,23,25,26). The van der Waals surface area contributed by atoms with Crippen LogP contribution in [0.3, 0.4) is 0 Å². The van der Waals surface area contributed by atoms with Gasteiger partial charge in [0.05, 0.1) is 42.4 Å². The van der Waals surface area contributed by atoms with Crippen molar-refractivity contribution in [2.24, 2.45) is 5.92 Å². The summed E-state index contributed by atoms with van der Waals surface area (Å²) >= 11 is 0. The Bertz CT molecular complexity index is 1240. The van der Waals surface area contributed by atoms with E-state index in [0.29, 0.717) is 24.6 Å². The van der Waals surface area contributed by atoms with E-state index in [1.165, 1.54) is 6.33 Å². The Balaban J connectivity index is 1.56. The Morgan fingerprint density at radius 1 is 1.33 bits per heavy atom. The monoisotopic (exact) mass is 406 g/mol. The Hall–Kier alpha value is -3.62. The number of aromatic amines is 2. The Kier molecular flexibility index (Phi) is 4.50. The number of rotatable bonds is 5. The summed E-state index contributed by atoms with van der Waals surface area (Å²) in [4.78, 5) is 24.6. The van der Waals surface area contributed by atoms with Gasteiger partial charge >= 0.3 is 5.97 Å². The number of nitrogens with zero attached hydrogens (tertiary/aromatic N) is 3. The zero-order valence-electron chi connectivity index (χ0n) is 16.8. The van der Waals surface area contributed by atoms with Crippen LogP contribution in [0.2, 0.25) is 0 Å². The van der Waals surface area contributed by atoms with E-state index in [2.05, 4.69) is 30.5 Å². The molecule has 3 N–H and O–H groups in total. The summed E-state index contributed by atoms with van der Waals surface area (Å²) in [5.41, 5.74) is 4.60. The Morgan fingerprint density at radius 3 is 3.07 bits per heavy atom. The van der Waals surface area contributed by atoms with Crippen molar-refractivity contribution in [2.45, 2.75) is 26.2 Å². The van der Waals surface area contributed by atoms with Gasteiger partial charge in [0.25, 0.3) is 0 Å². The number of hydrogen-bond acceptors (Lipinski definition) is 7. The highest BCUT2D eigenvalue weighted by Crippen LogP contribution is 2.37. The first-order valence-electron chi connectivity index (χ1n) is 9.97. The second-order valence-corrected chi connectivity index (χ2v) is 7.35. The van der Waals surface area contributed by atoms with Crippen LogP contribution in [0.4, 0.5) is 11.5 Å². The van der Waals surface area contributed by atoms with Gasteiger partial charge in [-0.25, -0.2) is 9.97 Å². The van der Waals surface area contributed by atoms with Crippen molar-refractivity contribution in [2.75, 3.05) is 19.0 Å². The highest BCUT2D eigenvalue weighted by Gasteiger charge is 2.30. The van der Waals surface area contributed by atoms with Crippen LogP contribution >= 0.6 is 0 Å². The smallest absolute Gasteiger partial charge is 0.309 e. The van der Waals surface area contributed by atoms with Gasteiger partial charge in [0, 0.05) is 17.1 Å². The molecule has 0 aliphatic heterocycles. The van der Waals surface area contributed by atoms with Crippen LogP contribution in [0.25, 0.3) is 21.9 Å². The second-order valence-electron chi connectivity index (χ2n) is 7.35. The second kappa shape index (κ2) is 7.33. The molecule has 1 unspecified atom stereocenters. The Labute approximate surface area is 172 Å². The molecule has 3 aromatic heterocycles. The number of benzene rings is 1. The number of anilines is 2. The number of hydrogen-bond donors (Lipinski definition) is 3. The number of nitrogens with one attached hydrogen (secondary N) is 3. The van der Waals surface area contributed by atoms with Crippen LogP contribution in [-0.2, 0) is 22.4 Å². The molecular weight excluding hydrogens is 384 g/mol. The number of ether oxygens (including phenoxy) is 2. The van der Waals surface area contributed by atoms with Crippen molar-refractivity contribution < 1.29 is 14.3 Å². The maximum atomic E-state index is 12.3. The number of carbonyl (C=O) groups excluding carboxylic acids is 1. The maximum Gasteiger partial charge on any atom is 0.309 e. The first-order valence-corrected chi connectivity index (χ1v) is 9.97. The fourth-order valence-corrected chi connectivity index (χ4v) is 4.16. The number of fused-ring (bicyclic) bond motifs is 4. The quantitative estimate of drug-likeness (QED) is 0.435. The fraction of sp³-hybridized carbons (Fsp3) is 0.333. The minimum atomic E-state index is -0.152. The van der Waals surface area contributed by atoms with Crippen LogP contribution < -0.4 is 10.1 Å². The molecule has 1 atom stereocenters. The summed E-state index contributed by atoms with van der Waals surface area (Å²) in [5.74, 6) is 1.05. The van der Waals surface area contributed by atoms with Crippen LogP contribution in [-0.4, -0.2) is 44.8 Å². The van der Waals surface area contributed by atoms with Crippen molar-refractivity contribution >= 4 is 39.4 Å². The van der Waals surface area contributed by atoms with Gasteiger partial charge in [0.2, 0.25) is 0 Å². The molecule has 5 rings (SSSR count). The highest BCUT2D eigenvalue weighted by atomic mass is 16.5. The van der Waals surface area contributed by atoms with E-state index in [1.807, 2.05) is 19.1 Å². The topological polar surface area (TPSA) is 118 Å². The van der Waals surface area contributed by atoms with Crippen molar-refractivity contribution in [3.05, 3.63) is 35.9 Å². The zero-order valence-corrected chi connectivity index (χ0v) is 16.8. The van der Waals surface area contributed by atoms with Crippen molar-refractivity contribution in [1.29, 1.82) is 0 Å². The first-order chi connectivity index (χ1) is 14.7. The number of aryl methyl sites for hydroxylation is 1. The molecule has 9 nitrogen and oxygen atoms in total. The summed E-state index contributed by atoms with van der Waals surface area (Å²) in [5, 5.41) is 12.3. The molecule has 1 aliphatic carbocycles. The molecule has 0 saturated heterocycles. The van der Waals surface area contributed by atoms with E-state index in [0.717, 1.165) is 51.7 Å². The highest BCUT2D eigenvalue weighted by molar-refractivity contribution is 5.95. The van der Waals surface area contributed by atoms with Crippen molar-refractivity contribution in [3.63, 3.8) is 0 Å². The van der Waals surface area contributed by atoms with Gasteiger partial charge in [-0.2, -0.15) is 5.10 Å². The fourth-order valence-electron chi connectivity index (χ4n) is 4.16. The van der Waals surface area contributed by atoms with E-state index >= 15 is 0 Å². The third kappa shape index (κ3) is 3.02. The molecule has 9 heteroatoms. The summed E-state index contributed by atoms with van der Waals surface area (Å²) in [6.07, 6.45) is 5.43. The molecular formula is C21H22N6O3. The van der Waals surface area contributed by atoms with Crippen LogP contribution in [0.1, 0.15) is 24.6 Å². The van der Waals surface area contributed by atoms with Gasteiger partial charge in [-0.3, -0.25) is 9.89 Å². The summed E-state index contributed by atoms with van der Waals surface area (Å²) in [6.45, 7) is 2.22. The maximum absolute atomic E-state index is 12.3. The molecule has 3 heterocycles. The largest absolute Gasteiger partial charge is 0.494 e. The van der Waals surface area contributed by atoms with Crippen molar-refractivity contribution in [1.82, 2.24) is 25.1 Å². The van der Waals surface area contributed by atoms with E-state index in [9.17, 15) is 4.79 Å². The lowest BCUT2D eigenvalue weighted by Gasteiger charge is -2.21. The van der Waals surface area contributed by atoms with E-state index in [4.69, 9.17) is 9.47 Å². The minimum Gasteiger partial charge on any atom is -0.494 e. The lowest BCUT2D eigenvalue weighted by molar-refractivity contribution is -0.148. The van der Waals surface area contributed by atoms with Gasteiger partial charge < -0.3 is 19.8 Å². The molecule has 0 amide bonds. The number of esters is 1. The number of methoxy groups -OCH3 is 1. The van der Waals surface area contributed by atoms with Crippen molar-refractivity contribution in [3.8, 4) is 5.75 Å². The number of aromatic nitrogens is 5. The van der Waals surface area contributed by atoms with Gasteiger partial charge in [0.15, 0.2) is 0 Å². The summed E-state index contributed by atoms with van der Waals surface area (Å²) in [7, 11) is 1.63. The first kappa shape index (κ1) is 18.4. The van der Waals surface area contributed by atoms with Gasteiger partial charge in [0.1, 0.15) is 23.5 Å². The third-order valence-corrected chi connectivity index (χ3v) is 5.61. The Morgan fingerprint density at radius 2 is 2.23 bits per heavy atom. The molecule has 0 bridgehead atoms. The molecule has 0 saturated carbocycles. The molecule has 0 fully saturated rings. The van der Waals surface area contributed by atoms with Crippen LogP contribution in [0.5, 0.6) is 5.75 Å². The molecule has 1 aromatic carbocycles. The molecule has 1 aliphatic rings. The summed E-state index contributed by atoms with van der Waals surface area (Å²) in [6, 6.07) is 3.86. The summed E-state index contributed by atoms with van der Waals surface area (Å²) < 4.78 is 10.8. The van der Waals surface area contributed by atoms with Gasteiger partial charge in [-0.05, 0) is 37.8 Å². The average Bonchev–Trinajstić information content (AvgIpc) is 3.36. The SMILES string of the molecule is CCOC(=O)C1CCc2[nH]c3ncnc(Nc4cc5cn[nH]c5cc4OC)c3c2C1. The average molecular weight is 406 g/mol. The lowest BCUT2D eigenvalue weighted by atomic mass is 9.86. The third-order valence-electron chi connectivity index (χ3n) is 5.61. The van der Waals surface area contributed by atoms with E-state index in [-0.39, 0.29) is 11.9 Å². The molecule has 4 aromatic rings. The molecule has 30 heavy (non-hydrogen) atoms. The molecule has 0 spiro atoms. The van der Waals surface area contributed by atoms with E-state index < -0.39 is 0 Å². The zero-order chi connectivity index (χ0) is 20.7. The number of H-pyrrole nitrogens is 2. The van der Waals surface area contributed by atoms with Gasteiger partial charge in [-0.1, -0.05) is 0 Å². The normalized spacial score (nSPS) is 15.9. The van der Waals surface area contributed by atoms with Gasteiger partial charge in [-0.15, -0.1) is 0 Å². The number of carbonyl (C=O) groups is 1. The van der Waals surface area contributed by atoms with Crippen LogP contribution in [0.15, 0.2) is 24.7 Å². The molecule has 154 valence electrons. The lowest BCUT2D eigenvalue weighted by Crippen LogP contribution is -2.24. The predicted octanol–water partition coefficient (Wildman–Crippen LogP) is 3.25. The van der Waals surface area contributed by atoms with Crippen LogP contribution in [0, 0.1) is 5.92 Å².